The Morgan fingerprint density at radius 2 is 1.73 bits per heavy atom. The zero-order valence-corrected chi connectivity index (χ0v) is 16.4. The molecule has 0 saturated heterocycles. The molecular weight excluding hydrogens is 399 g/mol. The molecule has 0 bridgehead atoms. The van der Waals surface area contributed by atoms with Crippen LogP contribution < -0.4 is 9.47 Å². The van der Waals surface area contributed by atoms with Crippen LogP contribution in [0.15, 0.2) is 48.5 Å². The van der Waals surface area contributed by atoms with Gasteiger partial charge in [0.2, 0.25) is 0 Å². The van der Waals surface area contributed by atoms with Crippen molar-refractivity contribution in [1.29, 1.82) is 0 Å². The number of aromatic nitrogens is 3. The van der Waals surface area contributed by atoms with Crippen molar-refractivity contribution in [2.24, 2.45) is 0 Å². The smallest absolute Gasteiger partial charge is 0.416 e. The second kappa shape index (κ2) is 8.98. The molecule has 6 nitrogen and oxygen atoms in total. The minimum Gasteiger partial charge on any atom is -0.497 e. The van der Waals surface area contributed by atoms with Crippen molar-refractivity contribution in [1.82, 2.24) is 14.8 Å². The summed E-state index contributed by atoms with van der Waals surface area (Å²) in [5.41, 5.74) is -0.215. The molecule has 30 heavy (non-hydrogen) atoms. The molecule has 2 aromatic carbocycles. The Balaban J connectivity index is 1.97. The summed E-state index contributed by atoms with van der Waals surface area (Å²) in [5.74, 6) is 0.222. The molecule has 3 aromatic rings. The fourth-order valence-electron chi connectivity index (χ4n) is 2.65. The number of unbranched alkanes of at least 4 members (excludes halogenated alkanes) is 1. The Morgan fingerprint density at radius 3 is 2.30 bits per heavy atom. The van der Waals surface area contributed by atoms with E-state index in [4.69, 9.17) is 9.47 Å². The third-order valence-corrected chi connectivity index (χ3v) is 4.32. The van der Waals surface area contributed by atoms with Crippen molar-refractivity contribution in [2.45, 2.75) is 25.9 Å². The van der Waals surface area contributed by atoms with Crippen LogP contribution in [-0.4, -0.2) is 34.4 Å². The van der Waals surface area contributed by atoms with E-state index in [1.807, 2.05) is 6.92 Å². The number of alkyl halides is 3. The number of nitrogens with zero attached hydrogens (tertiary/aromatic N) is 3. The van der Waals surface area contributed by atoms with E-state index >= 15 is 0 Å². The van der Waals surface area contributed by atoms with E-state index in [2.05, 4.69) is 10.1 Å². The van der Waals surface area contributed by atoms with E-state index in [0.717, 1.165) is 41.8 Å². The topological polar surface area (TPSA) is 66.2 Å². The molecule has 1 heterocycles. The van der Waals surface area contributed by atoms with Crippen LogP contribution in [0.4, 0.5) is 13.2 Å². The van der Waals surface area contributed by atoms with Gasteiger partial charge >= 0.3 is 12.2 Å². The van der Waals surface area contributed by atoms with E-state index in [0.29, 0.717) is 17.9 Å². The number of hydrogen-bond donors (Lipinski definition) is 0. The van der Waals surface area contributed by atoms with Crippen LogP contribution in [0.5, 0.6) is 11.8 Å². The maximum atomic E-state index is 13.0. The Hall–Kier alpha value is -3.36. The monoisotopic (exact) mass is 419 g/mol. The standard InChI is InChI=1S/C21H20F3N3O3/c1-3-4-13-30-20-25-18(14-7-11-17(29-2)12-8-14)27(26-20)19(28)15-5-9-16(10-6-15)21(22,23)24/h5-12H,3-4,13H2,1-2H3. The van der Waals surface area contributed by atoms with Crippen molar-refractivity contribution < 1.29 is 27.4 Å². The van der Waals surface area contributed by atoms with E-state index in [1.54, 1.807) is 24.3 Å². The first-order valence-corrected chi connectivity index (χ1v) is 9.29. The van der Waals surface area contributed by atoms with Gasteiger partial charge in [-0.2, -0.15) is 22.8 Å². The van der Waals surface area contributed by atoms with E-state index in [9.17, 15) is 18.0 Å². The molecule has 0 aliphatic carbocycles. The van der Waals surface area contributed by atoms with Gasteiger partial charge in [0.25, 0.3) is 5.91 Å². The van der Waals surface area contributed by atoms with Gasteiger partial charge in [-0.05, 0) is 55.0 Å². The second-order valence-corrected chi connectivity index (χ2v) is 6.44. The third kappa shape index (κ3) is 4.79. The van der Waals surface area contributed by atoms with Crippen LogP contribution in [0.25, 0.3) is 11.4 Å². The van der Waals surface area contributed by atoms with Crippen LogP contribution in [0.1, 0.15) is 35.7 Å². The fourth-order valence-corrected chi connectivity index (χ4v) is 2.65. The number of benzene rings is 2. The number of carbonyl (C=O) groups excluding carboxylic acids is 1. The molecule has 158 valence electrons. The first-order chi connectivity index (χ1) is 14.3. The largest absolute Gasteiger partial charge is 0.497 e. The summed E-state index contributed by atoms with van der Waals surface area (Å²) in [5, 5.41) is 4.13. The highest BCUT2D eigenvalue weighted by molar-refractivity contribution is 5.97. The van der Waals surface area contributed by atoms with E-state index in [-0.39, 0.29) is 17.4 Å². The van der Waals surface area contributed by atoms with Crippen LogP contribution in [0.3, 0.4) is 0 Å². The summed E-state index contributed by atoms with van der Waals surface area (Å²) >= 11 is 0. The predicted octanol–water partition coefficient (Wildman–Crippen LogP) is 4.84. The van der Waals surface area contributed by atoms with Gasteiger partial charge in [0.1, 0.15) is 5.75 Å². The normalized spacial score (nSPS) is 11.4. The van der Waals surface area contributed by atoms with Crippen molar-refractivity contribution in [3.05, 3.63) is 59.7 Å². The quantitative estimate of drug-likeness (QED) is 0.513. The zero-order valence-electron chi connectivity index (χ0n) is 16.4. The molecule has 0 radical (unpaired) electrons. The second-order valence-electron chi connectivity index (χ2n) is 6.44. The molecule has 1 aromatic heterocycles. The molecule has 0 aliphatic heterocycles. The molecule has 9 heteroatoms. The molecular formula is C21H20F3N3O3. The maximum absolute atomic E-state index is 13.0. The van der Waals surface area contributed by atoms with Gasteiger partial charge < -0.3 is 9.47 Å². The number of halogens is 3. The van der Waals surface area contributed by atoms with Gasteiger partial charge in [0.05, 0.1) is 19.3 Å². The lowest BCUT2D eigenvalue weighted by Crippen LogP contribution is -2.16. The van der Waals surface area contributed by atoms with Crippen molar-refractivity contribution in [3.63, 3.8) is 0 Å². The first kappa shape index (κ1) is 21.4. The SMILES string of the molecule is CCCCOc1nc(-c2ccc(OC)cc2)n(C(=O)c2ccc(C(F)(F)F)cc2)n1. The molecule has 0 amide bonds. The predicted molar refractivity (Wildman–Crippen MR) is 104 cm³/mol. The highest BCUT2D eigenvalue weighted by atomic mass is 19.4. The number of rotatable bonds is 7. The molecule has 0 aliphatic rings. The summed E-state index contributed by atoms with van der Waals surface area (Å²) in [7, 11) is 1.53. The van der Waals surface area contributed by atoms with Crippen LogP contribution >= 0.6 is 0 Å². The number of carbonyl (C=O) groups is 1. The van der Waals surface area contributed by atoms with E-state index < -0.39 is 17.6 Å². The lowest BCUT2D eigenvalue weighted by molar-refractivity contribution is -0.137. The Labute approximate surface area is 171 Å². The van der Waals surface area contributed by atoms with Gasteiger partial charge in [-0.15, -0.1) is 5.10 Å². The van der Waals surface area contributed by atoms with Crippen LogP contribution in [0, 0.1) is 0 Å². The number of methoxy groups -OCH3 is 1. The van der Waals surface area contributed by atoms with Gasteiger partial charge in [0, 0.05) is 11.1 Å². The van der Waals surface area contributed by atoms with Crippen LogP contribution in [-0.2, 0) is 6.18 Å². The summed E-state index contributed by atoms with van der Waals surface area (Å²) in [6, 6.07) is 10.8. The molecule has 0 unspecified atom stereocenters. The minimum atomic E-state index is -4.48. The molecule has 0 N–H and O–H groups in total. The lowest BCUT2D eigenvalue weighted by Gasteiger charge is -2.08. The highest BCUT2D eigenvalue weighted by Crippen LogP contribution is 2.29. The van der Waals surface area contributed by atoms with Crippen LogP contribution in [0.2, 0.25) is 0 Å². The molecule has 0 atom stereocenters. The zero-order chi connectivity index (χ0) is 21.7. The van der Waals surface area contributed by atoms with Crippen molar-refractivity contribution >= 4 is 5.91 Å². The Bertz CT molecular complexity index is 997. The molecule has 0 spiro atoms. The Kier molecular flexibility index (Phi) is 6.39. The van der Waals surface area contributed by atoms with Crippen molar-refractivity contribution in [3.8, 4) is 23.1 Å². The lowest BCUT2D eigenvalue weighted by atomic mass is 10.1. The summed E-state index contributed by atoms with van der Waals surface area (Å²) in [6.45, 7) is 2.39. The average molecular weight is 419 g/mol. The van der Waals surface area contributed by atoms with Crippen molar-refractivity contribution in [2.75, 3.05) is 13.7 Å². The Morgan fingerprint density at radius 1 is 1.07 bits per heavy atom. The van der Waals surface area contributed by atoms with E-state index in [1.165, 1.54) is 7.11 Å². The average Bonchev–Trinajstić information content (AvgIpc) is 3.17. The maximum Gasteiger partial charge on any atom is 0.416 e. The fraction of sp³-hybridized carbons (Fsp3) is 0.286. The van der Waals surface area contributed by atoms with Gasteiger partial charge in [-0.25, -0.2) is 0 Å². The molecule has 3 rings (SSSR count). The highest BCUT2D eigenvalue weighted by Gasteiger charge is 2.30. The first-order valence-electron chi connectivity index (χ1n) is 9.29. The number of hydrogen-bond acceptors (Lipinski definition) is 5. The summed E-state index contributed by atoms with van der Waals surface area (Å²) < 4.78 is 50.1. The van der Waals surface area contributed by atoms with Gasteiger partial charge in [-0.1, -0.05) is 13.3 Å². The summed E-state index contributed by atoms with van der Waals surface area (Å²) in [4.78, 5) is 17.3. The minimum absolute atomic E-state index is 0.0227. The van der Waals surface area contributed by atoms with Gasteiger partial charge in [0.15, 0.2) is 5.82 Å². The third-order valence-electron chi connectivity index (χ3n) is 4.32. The molecule has 0 fully saturated rings. The summed E-state index contributed by atoms with van der Waals surface area (Å²) in [6.07, 6.45) is -2.78. The molecule has 0 saturated carbocycles. The van der Waals surface area contributed by atoms with Gasteiger partial charge in [-0.3, -0.25) is 4.79 Å². The number of ether oxygens (including phenoxy) is 2.